The topological polar surface area (TPSA) is 80.3 Å². The molecule has 1 aromatic carbocycles. The Morgan fingerprint density at radius 3 is 2.80 bits per heavy atom. The van der Waals surface area contributed by atoms with Gasteiger partial charge in [0, 0.05) is 23.4 Å². The van der Waals surface area contributed by atoms with E-state index in [-0.39, 0.29) is 17.7 Å². The number of rotatable bonds is 5. The lowest BCUT2D eigenvalue weighted by Gasteiger charge is -2.20. The number of hydrogen-bond acceptors (Lipinski definition) is 5. The summed E-state index contributed by atoms with van der Waals surface area (Å²) in [5, 5.41) is 6.20. The molecule has 1 saturated heterocycles. The summed E-state index contributed by atoms with van der Waals surface area (Å²) in [7, 11) is 0. The molecule has 1 atom stereocenters. The second-order valence-electron chi connectivity index (χ2n) is 5.91. The monoisotopic (exact) mass is 359 g/mol. The molecule has 7 heteroatoms. The molecule has 0 aliphatic carbocycles. The van der Waals surface area contributed by atoms with Crippen molar-refractivity contribution in [3.05, 3.63) is 29.1 Å². The molecule has 132 valence electrons. The third-order valence-corrected chi connectivity index (χ3v) is 4.99. The lowest BCUT2D eigenvalue weighted by atomic mass is 9.98. The van der Waals surface area contributed by atoms with Crippen LogP contribution >= 0.6 is 11.3 Å². The van der Waals surface area contributed by atoms with E-state index in [4.69, 9.17) is 4.74 Å². The fraction of sp³-hybridized carbons (Fsp3) is 0.389. The number of piperidine rings is 1. The van der Waals surface area contributed by atoms with Gasteiger partial charge in [-0.25, -0.2) is 4.98 Å². The van der Waals surface area contributed by atoms with Crippen molar-refractivity contribution < 1.29 is 14.3 Å². The molecule has 6 nitrogen and oxygen atoms in total. The number of carbonyl (C=O) groups is 2. The highest BCUT2D eigenvalue weighted by molar-refractivity contribution is 7.16. The van der Waals surface area contributed by atoms with E-state index in [0.29, 0.717) is 31.1 Å². The average molecular weight is 359 g/mol. The molecule has 1 aliphatic rings. The van der Waals surface area contributed by atoms with Crippen LogP contribution in [0.4, 0.5) is 5.13 Å². The first kappa shape index (κ1) is 17.4. The SMILES string of the molecule is CCOc1ccc(-c2nc(NC(=O)[C@H]3CCC(=O)NC3)sc2C)cc1. The van der Waals surface area contributed by atoms with Crippen molar-refractivity contribution in [2.75, 3.05) is 18.5 Å². The molecule has 0 spiro atoms. The van der Waals surface area contributed by atoms with Crippen LogP contribution in [0.2, 0.25) is 0 Å². The van der Waals surface area contributed by atoms with Gasteiger partial charge in [0.25, 0.3) is 0 Å². The fourth-order valence-corrected chi connectivity index (χ4v) is 3.60. The summed E-state index contributed by atoms with van der Waals surface area (Å²) >= 11 is 1.45. The maximum Gasteiger partial charge on any atom is 0.231 e. The average Bonchev–Trinajstić information content (AvgIpc) is 2.96. The number of thiazole rings is 1. The first-order chi connectivity index (χ1) is 12.1. The maximum atomic E-state index is 12.3. The van der Waals surface area contributed by atoms with Gasteiger partial charge in [-0.15, -0.1) is 11.3 Å². The Morgan fingerprint density at radius 1 is 1.40 bits per heavy atom. The standard InChI is InChI=1S/C18H21N3O3S/c1-3-24-14-7-4-12(5-8-14)16-11(2)25-18(20-16)21-17(23)13-6-9-15(22)19-10-13/h4-5,7-8,13H,3,6,9-10H2,1-2H3,(H,19,22)(H,20,21,23)/t13-/m0/s1. The maximum absolute atomic E-state index is 12.3. The van der Waals surface area contributed by atoms with Crippen molar-refractivity contribution in [3.63, 3.8) is 0 Å². The van der Waals surface area contributed by atoms with Gasteiger partial charge >= 0.3 is 0 Å². The number of anilines is 1. The number of hydrogen-bond donors (Lipinski definition) is 2. The molecule has 2 heterocycles. The van der Waals surface area contributed by atoms with Crippen molar-refractivity contribution >= 4 is 28.3 Å². The zero-order valence-corrected chi connectivity index (χ0v) is 15.1. The quantitative estimate of drug-likeness (QED) is 0.860. The van der Waals surface area contributed by atoms with Gasteiger partial charge in [0.2, 0.25) is 11.8 Å². The minimum absolute atomic E-state index is 0.00642. The third kappa shape index (κ3) is 4.17. The molecule has 0 bridgehead atoms. The Labute approximate surface area is 150 Å². The number of aryl methyl sites for hydroxylation is 1. The van der Waals surface area contributed by atoms with Crippen molar-refractivity contribution in [2.24, 2.45) is 5.92 Å². The normalized spacial score (nSPS) is 17.0. The molecule has 2 aromatic rings. The highest BCUT2D eigenvalue weighted by Gasteiger charge is 2.25. The van der Waals surface area contributed by atoms with E-state index in [2.05, 4.69) is 15.6 Å². The minimum atomic E-state index is -0.198. The van der Waals surface area contributed by atoms with E-state index in [1.54, 1.807) is 0 Å². The molecule has 1 fully saturated rings. The van der Waals surface area contributed by atoms with Gasteiger partial charge < -0.3 is 15.4 Å². The summed E-state index contributed by atoms with van der Waals surface area (Å²) in [6, 6.07) is 7.77. The molecule has 2 N–H and O–H groups in total. The Balaban J connectivity index is 1.69. The van der Waals surface area contributed by atoms with E-state index in [0.717, 1.165) is 21.9 Å². The van der Waals surface area contributed by atoms with E-state index in [9.17, 15) is 9.59 Å². The lowest BCUT2D eigenvalue weighted by molar-refractivity contribution is -0.126. The van der Waals surface area contributed by atoms with Gasteiger partial charge in [0.15, 0.2) is 5.13 Å². The molecule has 0 unspecified atom stereocenters. The zero-order valence-electron chi connectivity index (χ0n) is 14.3. The fourth-order valence-electron chi connectivity index (χ4n) is 2.76. The Bertz CT molecular complexity index is 760. The molecule has 0 saturated carbocycles. The van der Waals surface area contributed by atoms with Crippen LogP contribution in [0, 0.1) is 12.8 Å². The molecule has 2 amide bonds. The summed E-state index contributed by atoms with van der Waals surface area (Å²) in [6.07, 6.45) is 0.972. The Morgan fingerprint density at radius 2 is 2.16 bits per heavy atom. The van der Waals surface area contributed by atoms with E-state index >= 15 is 0 Å². The number of carbonyl (C=O) groups excluding carboxylic acids is 2. The third-order valence-electron chi connectivity index (χ3n) is 4.10. The lowest BCUT2D eigenvalue weighted by Crippen LogP contribution is -2.40. The van der Waals surface area contributed by atoms with Crippen LogP contribution < -0.4 is 15.4 Å². The van der Waals surface area contributed by atoms with Gasteiger partial charge in [-0.1, -0.05) is 0 Å². The summed E-state index contributed by atoms with van der Waals surface area (Å²) in [6.45, 7) is 4.96. The zero-order chi connectivity index (χ0) is 17.8. The van der Waals surface area contributed by atoms with Gasteiger partial charge in [0.05, 0.1) is 18.2 Å². The highest BCUT2D eigenvalue weighted by atomic mass is 32.1. The van der Waals surface area contributed by atoms with E-state index < -0.39 is 0 Å². The van der Waals surface area contributed by atoms with Crippen molar-refractivity contribution in [1.82, 2.24) is 10.3 Å². The van der Waals surface area contributed by atoms with Crippen molar-refractivity contribution in [1.29, 1.82) is 0 Å². The molecule has 0 radical (unpaired) electrons. The summed E-state index contributed by atoms with van der Waals surface area (Å²) in [4.78, 5) is 29.1. The summed E-state index contributed by atoms with van der Waals surface area (Å²) in [5.41, 5.74) is 1.85. The highest BCUT2D eigenvalue weighted by Crippen LogP contribution is 2.31. The van der Waals surface area contributed by atoms with Crippen LogP contribution in [0.15, 0.2) is 24.3 Å². The number of nitrogens with zero attached hydrogens (tertiary/aromatic N) is 1. The van der Waals surface area contributed by atoms with Crippen LogP contribution in [-0.2, 0) is 9.59 Å². The van der Waals surface area contributed by atoms with Gasteiger partial charge in [-0.05, 0) is 44.5 Å². The van der Waals surface area contributed by atoms with Crippen LogP contribution in [-0.4, -0.2) is 29.9 Å². The van der Waals surface area contributed by atoms with Crippen LogP contribution in [0.3, 0.4) is 0 Å². The molecule has 3 rings (SSSR count). The van der Waals surface area contributed by atoms with Crippen LogP contribution in [0.25, 0.3) is 11.3 Å². The second kappa shape index (κ2) is 7.65. The van der Waals surface area contributed by atoms with E-state index in [1.165, 1.54) is 11.3 Å². The Hall–Kier alpha value is -2.41. The summed E-state index contributed by atoms with van der Waals surface area (Å²) < 4.78 is 5.45. The predicted octanol–water partition coefficient (Wildman–Crippen LogP) is 2.98. The molecular weight excluding hydrogens is 338 g/mol. The van der Waals surface area contributed by atoms with Gasteiger partial charge in [-0.3, -0.25) is 9.59 Å². The number of amides is 2. The number of benzene rings is 1. The van der Waals surface area contributed by atoms with Crippen LogP contribution in [0.1, 0.15) is 24.6 Å². The Kier molecular flexibility index (Phi) is 5.33. The largest absolute Gasteiger partial charge is 0.494 e. The summed E-state index contributed by atoms with van der Waals surface area (Å²) in [5.74, 6) is 0.543. The molecule has 1 aliphatic heterocycles. The molecule has 1 aromatic heterocycles. The smallest absolute Gasteiger partial charge is 0.231 e. The number of aromatic nitrogens is 1. The predicted molar refractivity (Wildman–Crippen MR) is 97.8 cm³/mol. The van der Waals surface area contributed by atoms with Crippen molar-refractivity contribution in [2.45, 2.75) is 26.7 Å². The number of nitrogens with one attached hydrogen (secondary N) is 2. The van der Waals surface area contributed by atoms with Gasteiger partial charge in [0.1, 0.15) is 5.75 Å². The first-order valence-electron chi connectivity index (χ1n) is 8.35. The van der Waals surface area contributed by atoms with Crippen molar-refractivity contribution in [3.8, 4) is 17.0 Å². The minimum Gasteiger partial charge on any atom is -0.494 e. The van der Waals surface area contributed by atoms with E-state index in [1.807, 2.05) is 38.1 Å². The molecular formula is C18H21N3O3S. The molecule has 25 heavy (non-hydrogen) atoms. The van der Waals surface area contributed by atoms with Crippen LogP contribution in [0.5, 0.6) is 5.75 Å². The first-order valence-corrected chi connectivity index (χ1v) is 9.16. The number of ether oxygens (including phenoxy) is 1. The second-order valence-corrected chi connectivity index (χ2v) is 7.11. The van der Waals surface area contributed by atoms with Gasteiger partial charge in [-0.2, -0.15) is 0 Å².